The molecule has 6 nitrogen and oxygen atoms in total. The fraction of sp³-hybridized carbons (Fsp3) is 0.280. The third kappa shape index (κ3) is 8.04. The van der Waals surface area contributed by atoms with E-state index >= 15 is 0 Å². The predicted octanol–water partition coefficient (Wildman–Crippen LogP) is 6.29. The maximum absolute atomic E-state index is 13.3. The summed E-state index contributed by atoms with van der Waals surface area (Å²) in [4.78, 5) is 0. The van der Waals surface area contributed by atoms with Crippen molar-refractivity contribution < 1.29 is 27.6 Å². The van der Waals surface area contributed by atoms with Gasteiger partial charge in [-0.3, -0.25) is 0 Å². The van der Waals surface area contributed by atoms with E-state index in [1.54, 1.807) is 36.4 Å². The van der Waals surface area contributed by atoms with E-state index in [1.165, 1.54) is 0 Å². The summed E-state index contributed by atoms with van der Waals surface area (Å²) in [5.74, 6) is 1.24. The fourth-order valence-corrected chi connectivity index (χ4v) is 3.93. The van der Waals surface area contributed by atoms with Crippen molar-refractivity contribution in [1.29, 1.82) is 0 Å². The van der Waals surface area contributed by atoms with Crippen molar-refractivity contribution in [2.45, 2.75) is 20.8 Å². The van der Waals surface area contributed by atoms with Gasteiger partial charge in [0.05, 0.1) is 26.4 Å². The molecule has 0 aromatic heterocycles. The number of ether oxygens (including phenoxy) is 2. The molecule has 0 radical (unpaired) electrons. The van der Waals surface area contributed by atoms with Crippen LogP contribution in [0.1, 0.15) is 16.7 Å². The Morgan fingerprint density at radius 1 is 0.531 bits per heavy atom. The molecule has 3 aromatic carbocycles. The van der Waals surface area contributed by atoms with Gasteiger partial charge in [0.25, 0.3) is 0 Å². The Bertz CT molecular complexity index is 862. The highest BCUT2D eigenvalue weighted by Crippen LogP contribution is 2.49. The Labute approximate surface area is 189 Å². The maximum Gasteiger partial charge on any atom is 0.647 e. The smallest absolute Gasteiger partial charge is 0.386 e. The van der Waals surface area contributed by atoms with Crippen molar-refractivity contribution >= 4 is 7.82 Å². The summed E-state index contributed by atoms with van der Waals surface area (Å²) in [5, 5.41) is 0. The first kappa shape index (κ1) is 23.9. The number of benzene rings is 3. The van der Waals surface area contributed by atoms with Gasteiger partial charge in [-0.1, -0.05) is 53.1 Å². The zero-order valence-corrected chi connectivity index (χ0v) is 19.5. The molecule has 1 heterocycles. The van der Waals surface area contributed by atoms with E-state index in [2.05, 4.69) is 0 Å². The third-order valence-electron chi connectivity index (χ3n) is 4.46. The molecule has 1 saturated heterocycles. The Morgan fingerprint density at radius 3 is 1.00 bits per heavy atom. The Morgan fingerprint density at radius 2 is 0.781 bits per heavy atom. The zero-order valence-electron chi connectivity index (χ0n) is 18.7. The van der Waals surface area contributed by atoms with Gasteiger partial charge in [-0.05, 0) is 57.2 Å². The molecule has 0 saturated carbocycles. The Hall–Kier alpha value is -2.79. The van der Waals surface area contributed by atoms with E-state index in [0.29, 0.717) is 17.2 Å². The van der Waals surface area contributed by atoms with E-state index < -0.39 is 7.82 Å². The summed E-state index contributed by atoms with van der Waals surface area (Å²) in [5.41, 5.74) is 3.23. The molecule has 170 valence electrons. The molecule has 3 aromatic rings. The van der Waals surface area contributed by atoms with Crippen LogP contribution in [0, 0.1) is 20.8 Å². The van der Waals surface area contributed by atoms with E-state index in [0.717, 1.165) is 43.1 Å². The quantitative estimate of drug-likeness (QED) is 0.406. The Kier molecular flexibility index (Phi) is 8.74. The number of rotatable bonds is 6. The summed E-state index contributed by atoms with van der Waals surface area (Å²) < 4.78 is 40.1. The monoisotopic (exact) mass is 456 g/mol. The van der Waals surface area contributed by atoms with Gasteiger partial charge in [0.15, 0.2) is 0 Å². The predicted molar refractivity (Wildman–Crippen MR) is 125 cm³/mol. The van der Waals surface area contributed by atoms with Crippen molar-refractivity contribution in [3.05, 3.63) is 89.5 Å². The van der Waals surface area contributed by atoms with Gasteiger partial charge in [-0.2, -0.15) is 4.57 Å². The molecule has 0 unspecified atom stereocenters. The topological polar surface area (TPSA) is 63.2 Å². The minimum absolute atomic E-state index is 0.415. The average molecular weight is 456 g/mol. The van der Waals surface area contributed by atoms with E-state index in [4.69, 9.17) is 23.0 Å². The standard InChI is InChI=1S/C21H21O4P.C4H8O2/c1-16-4-10-19(11-5-16)23-26(22,24-20-12-6-17(2)7-13-20)25-21-14-8-18(3)9-15-21;1-2-6-4-3-5-1/h4-15H,1-3H3;1-4H2. The second-order valence-electron chi connectivity index (χ2n) is 7.38. The number of hydrogen-bond acceptors (Lipinski definition) is 6. The lowest BCUT2D eigenvalue weighted by Crippen LogP contribution is -2.16. The molecule has 1 aliphatic heterocycles. The summed E-state index contributed by atoms with van der Waals surface area (Å²) in [6.07, 6.45) is 0. The van der Waals surface area contributed by atoms with Crippen molar-refractivity contribution in [2.24, 2.45) is 0 Å². The molecule has 32 heavy (non-hydrogen) atoms. The maximum atomic E-state index is 13.3. The van der Waals surface area contributed by atoms with Gasteiger partial charge in [0, 0.05) is 0 Å². The first-order valence-electron chi connectivity index (χ1n) is 10.5. The molecule has 0 bridgehead atoms. The molecular formula is C25H29O6P. The van der Waals surface area contributed by atoms with E-state index in [1.807, 2.05) is 57.2 Å². The number of aryl methyl sites for hydroxylation is 3. The molecule has 0 amide bonds. The lowest BCUT2D eigenvalue weighted by molar-refractivity contribution is -0.0334. The minimum atomic E-state index is -3.93. The van der Waals surface area contributed by atoms with Crippen LogP contribution in [-0.4, -0.2) is 26.4 Å². The molecule has 0 aliphatic carbocycles. The number of phosphoric ester groups is 1. The van der Waals surface area contributed by atoms with Gasteiger partial charge < -0.3 is 23.0 Å². The second kappa shape index (κ2) is 11.7. The second-order valence-corrected chi connectivity index (χ2v) is 8.83. The molecule has 0 spiro atoms. The summed E-state index contributed by atoms with van der Waals surface area (Å²) in [6, 6.07) is 21.6. The van der Waals surface area contributed by atoms with Crippen molar-refractivity contribution in [3.8, 4) is 17.2 Å². The van der Waals surface area contributed by atoms with Crippen LogP contribution in [0.3, 0.4) is 0 Å². The van der Waals surface area contributed by atoms with E-state index in [-0.39, 0.29) is 0 Å². The first-order valence-corrected chi connectivity index (χ1v) is 11.9. The first-order chi connectivity index (χ1) is 15.4. The van der Waals surface area contributed by atoms with Crippen molar-refractivity contribution in [1.82, 2.24) is 0 Å². The lowest BCUT2D eigenvalue weighted by atomic mass is 10.2. The summed E-state index contributed by atoms with van der Waals surface area (Å²) in [7, 11) is -3.93. The highest BCUT2D eigenvalue weighted by atomic mass is 31.2. The molecule has 4 rings (SSSR count). The fourth-order valence-electron chi connectivity index (χ4n) is 2.68. The molecule has 1 fully saturated rings. The van der Waals surface area contributed by atoms with Crippen molar-refractivity contribution in [2.75, 3.05) is 26.4 Å². The third-order valence-corrected chi connectivity index (χ3v) is 5.76. The van der Waals surface area contributed by atoms with Gasteiger partial charge in [0.2, 0.25) is 0 Å². The number of hydrogen-bond donors (Lipinski definition) is 0. The Balaban J connectivity index is 0.000000416. The molecule has 1 aliphatic rings. The highest BCUT2D eigenvalue weighted by Gasteiger charge is 2.33. The lowest BCUT2D eigenvalue weighted by Gasteiger charge is -2.19. The van der Waals surface area contributed by atoms with Crippen LogP contribution in [0.4, 0.5) is 0 Å². The minimum Gasteiger partial charge on any atom is -0.386 e. The van der Waals surface area contributed by atoms with Crippen LogP contribution in [0.25, 0.3) is 0 Å². The largest absolute Gasteiger partial charge is 0.647 e. The van der Waals surface area contributed by atoms with Gasteiger partial charge >= 0.3 is 7.82 Å². The van der Waals surface area contributed by atoms with Crippen LogP contribution in [0.15, 0.2) is 72.8 Å². The van der Waals surface area contributed by atoms with Crippen LogP contribution >= 0.6 is 7.82 Å². The van der Waals surface area contributed by atoms with Crippen molar-refractivity contribution in [3.63, 3.8) is 0 Å². The van der Waals surface area contributed by atoms with Crippen LogP contribution < -0.4 is 13.6 Å². The molecule has 0 N–H and O–H groups in total. The normalized spacial score (nSPS) is 13.5. The highest BCUT2D eigenvalue weighted by molar-refractivity contribution is 7.49. The van der Waals surface area contributed by atoms with Crippen LogP contribution in [0.2, 0.25) is 0 Å². The SMILES string of the molecule is C1COCCO1.Cc1ccc(OP(=O)(Oc2ccc(C)cc2)Oc2ccc(C)cc2)cc1. The van der Waals surface area contributed by atoms with Gasteiger partial charge in [-0.25, -0.2) is 0 Å². The van der Waals surface area contributed by atoms with E-state index in [9.17, 15) is 4.57 Å². The van der Waals surface area contributed by atoms with Crippen LogP contribution in [-0.2, 0) is 14.0 Å². The zero-order chi connectivity index (χ0) is 22.8. The molecule has 7 heteroatoms. The van der Waals surface area contributed by atoms with Gasteiger partial charge in [0.1, 0.15) is 17.2 Å². The van der Waals surface area contributed by atoms with Gasteiger partial charge in [-0.15, -0.1) is 0 Å². The number of phosphoric acid groups is 1. The molecular weight excluding hydrogens is 427 g/mol. The summed E-state index contributed by atoms with van der Waals surface area (Å²) >= 11 is 0. The molecule has 0 atom stereocenters. The van der Waals surface area contributed by atoms with Crippen LogP contribution in [0.5, 0.6) is 17.2 Å². The average Bonchev–Trinajstić information content (AvgIpc) is 2.80. The summed E-state index contributed by atoms with van der Waals surface area (Å²) in [6.45, 7) is 9.01.